The lowest BCUT2D eigenvalue weighted by molar-refractivity contribution is 0.0943. The normalized spacial score (nSPS) is 16.4. The Labute approximate surface area is 164 Å². The van der Waals surface area contributed by atoms with E-state index < -0.39 is 0 Å². The topological polar surface area (TPSA) is 45.2 Å². The number of aryl methyl sites for hydroxylation is 1. The number of rotatable bonds is 6. The Balaban J connectivity index is 1.33. The molecule has 0 fully saturated rings. The van der Waals surface area contributed by atoms with Crippen LogP contribution in [0, 0.1) is 0 Å². The molecule has 0 bridgehead atoms. The number of fused-ring (bicyclic) bond motifs is 2. The summed E-state index contributed by atoms with van der Waals surface area (Å²) in [6.45, 7) is 4.76. The molecule has 4 nitrogen and oxygen atoms in total. The molecule has 0 saturated carbocycles. The molecule has 1 aromatic heterocycles. The van der Waals surface area contributed by atoms with Crippen LogP contribution < -0.4 is 5.32 Å². The summed E-state index contributed by atoms with van der Waals surface area (Å²) in [4.78, 5) is 20.9. The number of benzene rings is 2. The zero-order valence-corrected chi connectivity index (χ0v) is 16.5. The van der Waals surface area contributed by atoms with Crippen LogP contribution in [-0.2, 0) is 12.8 Å². The third kappa shape index (κ3) is 4.04. The molecule has 1 aliphatic carbocycles. The van der Waals surface area contributed by atoms with Crippen LogP contribution in [0.3, 0.4) is 0 Å². The lowest BCUT2D eigenvalue weighted by atomic mass is 9.96. The molecule has 1 unspecified atom stereocenters. The molecule has 27 heavy (non-hydrogen) atoms. The fourth-order valence-electron chi connectivity index (χ4n) is 3.94. The van der Waals surface area contributed by atoms with Crippen LogP contribution in [0.2, 0.25) is 0 Å². The number of nitrogens with zero attached hydrogens (tertiary/aromatic N) is 2. The molecule has 3 aromatic rings. The predicted molar refractivity (Wildman–Crippen MR) is 111 cm³/mol. The molecule has 0 aliphatic heterocycles. The van der Waals surface area contributed by atoms with Crippen molar-refractivity contribution in [1.82, 2.24) is 15.2 Å². The van der Waals surface area contributed by atoms with Gasteiger partial charge in [0.15, 0.2) is 0 Å². The number of hydrogen-bond donors (Lipinski definition) is 1. The number of aromatic nitrogens is 1. The Morgan fingerprint density at radius 2 is 2.11 bits per heavy atom. The van der Waals surface area contributed by atoms with Crippen LogP contribution in [0.5, 0.6) is 0 Å². The molecule has 1 N–H and O–H groups in total. The fourth-order valence-corrected chi connectivity index (χ4v) is 4.83. The number of carbonyl (C=O) groups excluding carboxylic acids is 1. The molecule has 5 heteroatoms. The average Bonchev–Trinajstić information content (AvgIpc) is 3.18. The van der Waals surface area contributed by atoms with Crippen molar-refractivity contribution in [2.45, 2.75) is 32.2 Å². The molecule has 2 aromatic carbocycles. The van der Waals surface area contributed by atoms with E-state index in [0.29, 0.717) is 12.6 Å². The molecule has 140 valence electrons. The molecule has 1 aliphatic rings. The zero-order valence-electron chi connectivity index (χ0n) is 15.6. The second kappa shape index (κ2) is 8.19. The molecule has 0 radical (unpaired) electrons. The summed E-state index contributed by atoms with van der Waals surface area (Å²) in [6, 6.07) is 14.6. The molecule has 0 saturated heterocycles. The fraction of sp³-hybridized carbons (Fsp3) is 0.364. The Bertz CT molecular complexity index is 936. The first kappa shape index (κ1) is 18.1. The molecule has 0 spiro atoms. The van der Waals surface area contributed by atoms with E-state index in [1.807, 2.05) is 41.9 Å². The lowest BCUT2D eigenvalue weighted by Gasteiger charge is -2.33. The van der Waals surface area contributed by atoms with Gasteiger partial charge in [-0.05, 0) is 48.7 Å². The van der Waals surface area contributed by atoms with Crippen LogP contribution in [0.15, 0.2) is 48.0 Å². The van der Waals surface area contributed by atoms with E-state index in [2.05, 4.69) is 28.2 Å². The van der Waals surface area contributed by atoms with Gasteiger partial charge in [0, 0.05) is 29.6 Å². The molecular weight excluding hydrogens is 354 g/mol. The summed E-state index contributed by atoms with van der Waals surface area (Å²) in [7, 11) is 0. The van der Waals surface area contributed by atoms with Crippen molar-refractivity contribution in [3.63, 3.8) is 0 Å². The summed E-state index contributed by atoms with van der Waals surface area (Å²) in [5.41, 5.74) is 3.98. The number of likely N-dealkylation sites (N-methyl/N-ethyl adjacent to an activating group) is 1. The van der Waals surface area contributed by atoms with Crippen molar-refractivity contribution in [3.05, 3.63) is 64.1 Å². The van der Waals surface area contributed by atoms with Crippen molar-refractivity contribution in [2.75, 3.05) is 19.6 Å². The maximum atomic E-state index is 12.5. The smallest absolute Gasteiger partial charge is 0.251 e. The average molecular weight is 380 g/mol. The van der Waals surface area contributed by atoms with Gasteiger partial charge in [0.25, 0.3) is 5.91 Å². The van der Waals surface area contributed by atoms with Crippen LogP contribution >= 0.6 is 11.3 Å². The Morgan fingerprint density at radius 3 is 2.96 bits per heavy atom. The minimum Gasteiger partial charge on any atom is -0.351 e. The van der Waals surface area contributed by atoms with Gasteiger partial charge >= 0.3 is 0 Å². The number of hydrogen-bond acceptors (Lipinski definition) is 4. The summed E-state index contributed by atoms with van der Waals surface area (Å²) in [5.74, 6) is 0.00481. The third-order valence-electron chi connectivity index (χ3n) is 5.48. The van der Waals surface area contributed by atoms with Crippen LogP contribution in [0.25, 0.3) is 10.8 Å². The van der Waals surface area contributed by atoms with Crippen LogP contribution in [0.4, 0.5) is 0 Å². The first-order valence-corrected chi connectivity index (χ1v) is 10.5. The van der Waals surface area contributed by atoms with E-state index in [1.165, 1.54) is 10.6 Å². The third-order valence-corrected chi connectivity index (χ3v) is 6.38. The Morgan fingerprint density at radius 1 is 1.26 bits per heavy atom. The Hall–Kier alpha value is -2.24. The van der Waals surface area contributed by atoms with Crippen molar-refractivity contribution in [1.29, 1.82) is 0 Å². The van der Waals surface area contributed by atoms with Gasteiger partial charge in [0.05, 0.1) is 11.2 Å². The molecule has 1 heterocycles. The van der Waals surface area contributed by atoms with Gasteiger partial charge in [-0.1, -0.05) is 37.3 Å². The van der Waals surface area contributed by atoms with Crippen molar-refractivity contribution in [3.8, 4) is 0 Å². The van der Waals surface area contributed by atoms with Crippen LogP contribution in [0.1, 0.15) is 34.3 Å². The molecule has 1 atom stereocenters. The minimum absolute atomic E-state index is 0.00481. The van der Waals surface area contributed by atoms with Gasteiger partial charge in [-0.2, -0.15) is 0 Å². The van der Waals surface area contributed by atoms with E-state index in [0.717, 1.165) is 48.7 Å². The highest BCUT2D eigenvalue weighted by atomic mass is 32.1. The molecule has 1 amide bonds. The summed E-state index contributed by atoms with van der Waals surface area (Å²) >= 11 is 1.78. The van der Waals surface area contributed by atoms with Crippen molar-refractivity contribution >= 4 is 28.0 Å². The summed E-state index contributed by atoms with van der Waals surface area (Å²) in [6.07, 6.45) is 3.32. The number of carbonyl (C=O) groups is 1. The van der Waals surface area contributed by atoms with E-state index in [9.17, 15) is 4.79 Å². The number of amides is 1. The van der Waals surface area contributed by atoms with Gasteiger partial charge in [-0.3, -0.25) is 9.69 Å². The highest BCUT2D eigenvalue weighted by molar-refractivity contribution is 7.09. The maximum absolute atomic E-state index is 12.5. The first-order chi connectivity index (χ1) is 13.2. The van der Waals surface area contributed by atoms with E-state index in [-0.39, 0.29) is 5.91 Å². The quantitative estimate of drug-likeness (QED) is 0.706. The van der Waals surface area contributed by atoms with E-state index in [1.54, 1.807) is 11.3 Å². The number of thiazole rings is 1. The zero-order chi connectivity index (χ0) is 18.6. The van der Waals surface area contributed by atoms with E-state index >= 15 is 0 Å². The van der Waals surface area contributed by atoms with Gasteiger partial charge in [0.1, 0.15) is 0 Å². The Kier molecular flexibility index (Phi) is 5.50. The second-order valence-electron chi connectivity index (χ2n) is 7.07. The lowest BCUT2D eigenvalue weighted by Crippen LogP contribution is -2.43. The van der Waals surface area contributed by atoms with Crippen molar-refractivity contribution < 1.29 is 4.79 Å². The maximum Gasteiger partial charge on any atom is 0.251 e. The largest absolute Gasteiger partial charge is 0.351 e. The highest BCUT2D eigenvalue weighted by Gasteiger charge is 2.24. The van der Waals surface area contributed by atoms with Crippen molar-refractivity contribution in [2.24, 2.45) is 0 Å². The van der Waals surface area contributed by atoms with Gasteiger partial charge in [-0.15, -0.1) is 11.3 Å². The summed E-state index contributed by atoms with van der Waals surface area (Å²) < 4.78 is 0. The SMILES string of the molecule is CCN(CCNC(=O)c1ccc2ccccc2c1)C1CCc2ncsc2C1. The predicted octanol–water partition coefficient (Wildman–Crippen LogP) is 3.91. The van der Waals surface area contributed by atoms with Gasteiger partial charge in [-0.25, -0.2) is 4.98 Å². The standard InChI is InChI=1S/C22H25N3OS/c1-2-25(19-9-10-20-21(14-19)27-15-24-20)12-11-23-22(26)18-8-7-16-5-3-4-6-17(16)13-18/h3-8,13,15,19H,2,9-12,14H2,1H3,(H,23,26). The van der Waals surface area contributed by atoms with E-state index in [4.69, 9.17) is 0 Å². The second-order valence-corrected chi connectivity index (χ2v) is 8.00. The first-order valence-electron chi connectivity index (χ1n) is 9.67. The molecular formula is C22H25N3OS. The highest BCUT2D eigenvalue weighted by Crippen LogP contribution is 2.26. The monoisotopic (exact) mass is 379 g/mol. The van der Waals surface area contributed by atoms with Gasteiger partial charge < -0.3 is 5.32 Å². The number of nitrogens with one attached hydrogen (secondary N) is 1. The van der Waals surface area contributed by atoms with Gasteiger partial charge in [0.2, 0.25) is 0 Å². The summed E-state index contributed by atoms with van der Waals surface area (Å²) in [5, 5.41) is 5.35. The van der Waals surface area contributed by atoms with Crippen LogP contribution in [-0.4, -0.2) is 41.5 Å². The molecule has 4 rings (SSSR count). The minimum atomic E-state index is 0.00481.